The molecule has 2 amide bonds. The molecule has 4 N–H and O–H groups in total. The predicted octanol–water partition coefficient (Wildman–Crippen LogP) is 3.55. The van der Waals surface area contributed by atoms with Crippen LogP contribution in [0.25, 0.3) is 16.9 Å². The normalized spacial score (nSPS) is 13.3. The lowest BCUT2D eigenvalue weighted by Gasteiger charge is -2.21. The number of hydrogen-bond acceptors (Lipinski definition) is 7. The number of amides is 2. The highest BCUT2D eigenvalue weighted by Gasteiger charge is 2.19. The lowest BCUT2D eigenvalue weighted by Crippen LogP contribution is -2.46. The summed E-state index contributed by atoms with van der Waals surface area (Å²) in [4.78, 5) is 29.9. The Labute approximate surface area is 244 Å². The van der Waals surface area contributed by atoms with Crippen molar-refractivity contribution in [2.75, 3.05) is 6.54 Å². The molecule has 4 rings (SSSR count). The lowest BCUT2D eigenvalue weighted by atomic mass is 10.0. The third-order valence-corrected chi connectivity index (χ3v) is 6.66. The fraction of sp³-hybridized carbons (Fsp3) is 0.312. The van der Waals surface area contributed by atoms with Crippen LogP contribution in [0.3, 0.4) is 0 Å². The molecule has 0 saturated carbocycles. The van der Waals surface area contributed by atoms with E-state index in [-0.39, 0.29) is 23.8 Å². The molecule has 0 aliphatic rings. The van der Waals surface area contributed by atoms with Crippen LogP contribution >= 0.6 is 0 Å². The molecule has 0 saturated heterocycles. The first kappa shape index (κ1) is 30.2. The van der Waals surface area contributed by atoms with Crippen LogP contribution < -0.4 is 15.4 Å². The van der Waals surface area contributed by atoms with Gasteiger partial charge in [0.1, 0.15) is 23.6 Å². The lowest BCUT2D eigenvalue weighted by molar-refractivity contribution is -0.128. The standard InChI is InChI=1S/C32H35N5O5/c1-19(2)42-29-12-11-24(15-25(29)16-33)32(41)35-26(17-34-31(40)21(4)39)14-22-7-9-23(10-8-22)28-18-37-13-5-6-27(20(3)38)30(37)36-28/h5-13,15,18-21,26,38-39H,14,17H2,1-4H3,(H,34,40)(H,35,41). The largest absolute Gasteiger partial charge is 0.490 e. The number of carbonyl (C=O) groups is 2. The summed E-state index contributed by atoms with van der Waals surface area (Å²) < 4.78 is 7.53. The molecule has 3 atom stereocenters. The number of nitrogens with zero attached hydrogens (tertiary/aromatic N) is 3. The summed E-state index contributed by atoms with van der Waals surface area (Å²) in [5, 5.41) is 34.9. The average molecular weight is 570 g/mol. The molecule has 10 heteroatoms. The Morgan fingerprint density at radius 3 is 2.45 bits per heavy atom. The highest BCUT2D eigenvalue weighted by molar-refractivity contribution is 5.95. The number of nitrogens with one attached hydrogen (secondary N) is 2. The molecule has 218 valence electrons. The summed E-state index contributed by atoms with van der Waals surface area (Å²) in [5.74, 6) is -0.554. The minimum atomic E-state index is -1.19. The minimum Gasteiger partial charge on any atom is -0.490 e. The van der Waals surface area contributed by atoms with E-state index in [1.54, 1.807) is 19.1 Å². The Balaban J connectivity index is 1.52. The van der Waals surface area contributed by atoms with E-state index in [4.69, 9.17) is 9.72 Å². The molecule has 2 aromatic carbocycles. The fourth-order valence-corrected chi connectivity index (χ4v) is 4.53. The number of pyridine rings is 1. The molecule has 2 heterocycles. The van der Waals surface area contributed by atoms with Crippen molar-refractivity contribution < 1.29 is 24.5 Å². The van der Waals surface area contributed by atoms with E-state index in [9.17, 15) is 25.1 Å². The fourth-order valence-electron chi connectivity index (χ4n) is 4.53. The second-order valence-corrected chi connectivity index (χ2v) is 10.5. The van der Waals surface area contributed by atoms with Gasteiger partial charge in [-0.05, 0) is 63.9 Å². The van der Waals surface area contributed by atoms with Gasteiger partial charge in [-0.15, -0.1) is 0 Å². The highest BCUT2D eigenvalue weighted by Crippen LogP contribution is 2.25. The van der Waals surface area contributed by atoms with Crippen molar-refractivity contribution in [1.29, 1.82) is 5.26 Å². The predicted molar refractivity (Wildman–Crippen MR) is 158 cm³/mol. The molecule has 0 spiro atoms. The highest BCUT2D eigenvalue weighted by atomic mass is 16.5. The number of fused-ring (bicyclic) bond motifs is 1. The minimum absolute atomic E-state index is 0.0887. The van der Waals surface area contributed by atoms with E-state index in [0.717, 1.165) is 22.4 Å². The van der Waals surface area contributed by atoms with Crippen LogP contribution in [0.15, 0.2) is 67.0 Å². The van der Waals surface area contributed by atoms with Gasteiger partial charge in [-0.2, -0.15) is 5.26 Å². The molecule has 0 bridgehead atoms. The first-order valence-corrected chi connectivity index (χ1v) is 13.8. The van der Waals surface area contributed by atoms with E-state index in [0.29, 0.717) is 17.8 Å². The van der Waals surface area contributed by atoms with Crippen molar-refractivity contribution in [2.24, 2.45) is 0 Å². The van der Waals surface area contributed by atoms with Gasteiger partial charge in [0.2, 0.25) is 5.91 Å². The Hall–Kier alpha value is -4.72. The maximum absolute atomic E-state index is 13.2. The van der Waals surface area contributed by atoms with Crippen molar-refractivity contribution in [3.8, 4) is 23.1 Å². The summed E-state index contributed by atoms with van der Waals surface area (Å²) >= 11 is 0. The maximum atomic E-state index is 13.2. The van der Waals surface area contributed by atoms with Gasteiger partial charge in [-0.25, -0.2) is 4.98 Å². The van der Waals surface area contributed by atoms with E-state index >= 15 is 0 Å². The van der Waals surface area contributed by atoms with Crippen molar-refractivity contribution in [2.45, 2.75) is 58.5 Å². The first-order chi connectivity index (χ1) is 20.0. The summed E-state index contributed by atoms with van der Waals surface area (Å²) in [6.07, 6.45) is 2.21. The van der Waals surface area contributed by atoms with Crippen molar-refractivity contribution in [3.05, 3.63) is 89.2 Å². The average Bonchev–Trinajstić information content (AvgIpc) is 3.40. The van der Waals surface area contributed by atoms with E-state index < -0.39 is 30.1 Å². The third-order valence-electron chi connectivity index (χ3n) is 6.66. The van der Waals surface area contributed by atoms with Crippen LogP contribution in [0.4, 0.5) is 0 Å². The third kappa shape index (κ3) is 7.32. The summed E-state index contributed by atoms with van der Waals surface area (Å²) in [5.41, 5.74) is 4.50. The number of benzene rings is 2. The van der Waals surface area contributed by atoms with Gasteiger partial charge in [0.15, 0.2) is 0 Å². The van der Waals surface area contributed by atoms with E-state index in [1.165, 1.54) is 13.0 Å². The van der Waals surface area contributed by atoms with Gasteiger partial charge in [0.05, 0.1) is 29.5 Å². The number of rotatable bonds is 11. The van der Waals surface area contributed by atoms with Crippen molar-refractivity contribution in [1.82, 2.24) is 20.0 Å². The van der Waals surface area contributed by atoms with Crippen molar-refractivity contribution >= 4 is 17.5 Å². The quantitative estimate of drug-likeness (QED) is 0.216. The van der Waals surface area contributed by atoms with Gasteiger partial charge >= 0.3 is 0 Å². The number of carbonyl (C=O) groups excluding carboxylic acids is 2. The summed E-state index contributed by atoms with van der Waals surface area (Å²) in [7, 11) is 0. The molecule has 0 aliphatic carbocycles. The summed E-state index contributed by atoms with van der Waals surface area (Å²) in [6.45, 7) is 6.87. The van der Waals surface area contributed by atoms with Crippen LogP contribution in [0, 0.1) is 11.3 Å². The second-order valence-electron chi connectivity index (χ2n) is 10.5. The van der Waals surface area contributed by atoms with Gasteiger partial charge < -0.3 is 30.0 Å². The zero-order chi connectivity index (χ0) is 30.4. The molecule has 2 aromatic heterocycles. The number of aromatic nitrogens is 2. The SMILES string of the molecule is CC(C)Oc1ccc(C(=O)NC(CNC(=O)C(C)O)Cc2ccc(-c3cn4cccc(C(C)O)c4n3)cc2)cc1C#N. The number of nitriles is 1. The Morgan fingerprint density at radius 2 is 1.81 bits per heavy atom. The molecule has 0 aliphatic heterocycles. The molecular formula is C32H35N5O5. The van der Waals surface area contributed by atoms with Gasteiger partial charge in [0.25, 0.3) is 5.91 Å². The van der Waals surface area contributed by atoms with Crippen LogP contribution in [-0.4, -0.2) is 56.2 Å². The van der Waals surface area contributed by atoms with Gasteiger partial charge in [0, 0.05) is 35.6 Å². The molecule has 10 nitrogen and oxygen atoms in total. The Bertz CT molecular complexity index is 1600. The van der Waals surface area contributed by atoms with Crippen LogP contribution in [-0.2, 0) is 11.2 Å². The van der Waals surface area contributed by atoms with Crippen molar-refractivity contribution in [3.63, 3.8) is 0 Å². The van der Waals surface area contributed by atoms with E-state index in [2.05, 4.69) is 16.7 Å². The van der Waals surface area contributed by atoms with Crippen LogP contribution in [0.5, 0.6) is 5.75 Å². The maximum Gasteiger partial charge on any atom is 0.251 e. The number of ether oxygens (including phenoxy) is 1. The number of imidazole rings is 1. The Kier molecular flexibility index (Phi) is 9.57. The van der Waals surface area contributed by atoms with Gasteiger partial charge in [-0.1, -0.05) is 30.3 Å². The Morgan fingerprint density at radius 1 is 1.07 bits per heavy atom. The topological polar surface area (TPSA) is 149 Å². The second kappa shape index (κ2) is 13.3. The zero-order valence-electron chi connectivity index (χ0n) is 24.0. The first-order valence-electron chi connectivity index (χ1n) is 13.8. The number of hydrogen-bond donors (Lipinski definition) is 4. The number of aliphatic hydroxyl groups is 2. The zero-order valence-corrected chi connectivity index (χ0v) is 24.0. The van der Waals surface area contributed by atoms with Gasteiger partial charge in [-0.3, -0.25) is 9.59 Å². The number of aliphatic hydroxyl groups excluding tert-OH is 2. The summed E-state index contributed by atoms with van der Waals surface area (Å²) in [6, 6.07) is 17.6. The van der Waals surface area contributed by atoms with Crippen LogP contribution in [0.2, 0.25) is 0 Å². The van der Waals surface area contributed by atoms with Crippen LogP contribution in [0.1, 0.15) is 60.8 Å². The molecular weight excluding hydrogens is 534 g/mol. The van der Waals surface area contributed by atoms with E-state index in [1.807, 2.05) is 67.0 Å². The monoisotopic (exact) mass is 569 g/mol. The molecule has 0 fully saturated rings. The molecule has 4 aromatic rings. The smallest absolute Gasteiger partial charge is 0.251 e. The molecule has 3 unspecified atom stereocenters. The molecule has 0 radical (unpaired) electrons. The molecule has 42 heavy (non-hydrogen) atoms.